The second-order valence-electron chi connectivity index (χ2n) is 6.18. The molecule has 0 saturated heterocycles. The Morgan fingerprint density at radius 3 is 2.72 bits per heavy atom. The third kappa shape index (κ3) is 5.57. The maximum Gasteiger partial charge on any atom is 0.264 e. The van der Waals surface area contributed by atoms with Crippen LogP contribution in [0.25, 0.3) is 11.3 Å². The van der Waals surface area contributed by atoms with Crippen LogP contribution >= 0.6 is 23.8 Å². The highest BCUT2D eigenvalue weighted by Gasteiger charge is 2.12. The van der Waals surface area contributed by atoms with Crippen molar-refractivity contribution >= 4 is 40.5 Å². The predicted octanol–water partition coefficient (Wildman–Crippen LogP) is 4.29. The number of hydrogen-bond acceptors (Lipinski definition) is 5. The first-order chi connectivity index (χ1) is 14.0. The van der Waals surface area contributed by atoms with Gasteiger partial charge in [0.05, 0.1) is 5.02 Å². The molecular weight excluding hydrogens is 412 g/mol. The van der Waals surface area contributed by atoms with E-state index < -0.39 is 0 Å². The molecule has 3 rings (SSSR count). The molecule has 1 heterocycles. The first kappa shape index (κ1) is 20.9. The summed E-state index contributed by atoms with van der Waals surface area (Å²) in [6, 6.07) is 16.0. The number of benzene rings is 2. The van der Waals surface area contributed by atoms with Crippen molar-refractivity contribution in [2.24, 2.45) is 0 Å². The fourth-order valence-electron chi connectivity index (χ4n) is 2.59. The monoisotopic (exact) mass is 430 g/mol. The van der Waals surface area contributed by atoms with Crippen LogP contribution in [0.3, 0.4) is 0 Å². The molecule has 0 aliphatic heterocycles. The van der Waals surface area contributed by atoms with E-state index in [0.29, 0.717) is 33.5 Å². The summed E-state index contributed by atoms with van der Waals surface area (Å²) in [5.41, 5.74) is 2.20. The molecular formula is C21H19ClN2O4S. The number of thiocarbonyl (C=S) groups is 1. The van der Waals surface area contributed by atoms with Crippen molar-refractivity contribution in [3.63, 3.8) is 0 Å². The van der Waals surface area contributed by atoms with Crippen LogP contribution in [-0.4, -0.2) is 22.7 Å². The molecule has 0 fully saturated rings. The Labute approximate surface area is 178 Å². The maximum absolute atomic E-state index is 12.1. The number of carbonyl (C=O) groups excluding carboxylic acids is 1. The fourth-order valence-corrected chi connectivity index (χ4v) is 3.03. The molecule has 3 N–H and O–H groups in total. The average Bonchev–Trinajstić information content (AvgIpc) is 3.18. The first-order valence-electron chi connectivity index (χ1n) is 8.75. The highest BCUT2D eigenvalue weighted by molar-refractivity contribution is 7.80. The molecule has 0 aliphatic carbocycles. The van der Waals surface area contributed by atoms with Crippen LogP contribution in [0.5, 0.6) is 5.75 Å². The van der Waals surface area contributed by atoms with Gasteiger partial charge in [0.2, 0.25) is 0 Å². The van der Waals surface area contributed by atoms with Gasteiger partial charge in [-0.05, 0) is 61.1 Å². The predicted molar refractivity (Wildman–Crippen MR) is 116 cm³/mol. The Bertz CT molecular complexity index is 1040. The summed E-state index contributed by atoms with van der Waals surface area (Å²) in [6.07, 6.45) is 0. The van der Waals surface area contributed by atoms with Gasteiger partial charge in [-0.1, -0.05) is 29.8 Å². The molecule has 0 saturated carbocycles. The summed E-state index contributed by atoms with van der Waals surface area (Å²) in [6.45, 7) is 1.55. The zero-order chi connectivity index (χ0) is 20.8. The normalized spacial score (nSPS) is 10.4. The van der Waals surface area contributed by atoms with E-state index in [9.17, 15) is 4.79 Å². The van der Waals surface area contributed by atoms with E-state index in [1.54, 1.807) is 36.4 Å². The summed E-state index contributed by atoms with van der Waals surface area (Å²) in [7, 11) is 0. The summed E-state index contributed by atoms with van der Waals surface area (Å²) >= 11 is 11.4. The van der Waals surface area contributed by atoms with Gasteiger partial charge in [0.1, 0.15) is 23.9 Å². The Kier molecular flexibility index (Phi) is 6.87. The van der Waals surface area contributed by atoms with E-state index in [1.165, 1.54) is 0 Å². The van der Waals surface area contributed by atoms with E-state index >= 15 is 0 Å². The SMILES string of the molecule is Cc1ccccc1OCC(=O)NC(=S)Nc1ccc(Cl)c(-c2ccc(CO)o2)c1. The molecule has 3 aromatic rings. The number of aryl methyl sites for hydroxylation is 1. The van der Waals surface area contributed by atoms with Crippen LogP contribution in [0.15, 0.2) is 59.0 Å². The average molecular weight is 431 g/mol. The van der Waals surface area contributed by atoms with Crippen LogP contribution in [0.4, 0.5) is 5.69 Å². The van der Waals surface area contributed by atoms with E-state index in [2.05, 4.69) is 10.6 Å². The lowest BCUT2D eigenvalue weighted by atomic mass is 10.1. The third-order valence-electron chi connectivity index (χ3n) is 4.01. The minimum absolute atomic E-state index is 0.132. The topological polar surface area (TPSA) is 83.7 Å². The summed E-state index contributed by atoms with van der Waals surface area (Å²) < 4.78 is 11.0. The molecule has 1 aromatic heterocycles. The Morgan fingerprint density at radius 1 is 1.21 bits per heavy atom. The quantitative estimate of drug-likeness (QED) is 0.506. The molecule has 150 valence electrons. The maximum atomic E-state index is 12.1. The molecule has 0 unspecified atom stereocenters. The van der Waals surface area contributed by atoms with Crippen LogP contribution in [-0.2, 0) is 11.4 Å². The number of furan rings is 1. The number of anilines is 1. The molecule has 0 aliphatic rings. The van der Waals surface area contributed by atoms with Crippen molar-refractivity contribution in [3.05, 3.63) is 70.9 Å². The molecule has 1 amide bonds. The standard InChI is InChI=1S/C21H19ClN2O4S/c1-13-4-2-3-5-18(13)27-12-20(26)24-21(29)23-14-6-8-17(22)16(10-14)19-9-7-15(11-25)28-19/h2-10,25H,11-12H2,1H3,(H2,23,24,26,29). The van der Waals surface area contributed by atoms with Gasteiger partial charge in [-0.2, -0.15) is 0 Å². The van der Waals surface area contributed by atoms with Gasteiger partial charge >= 0.3 is 0 Å². The number of rotatable bonds is 6. The zero-order valence-electron chi connectivity index (χ0n) is 15.6. The zero-order valence-corrected chi connectivity index (χ0v) is 17.1. The highest BCUT2D eigenvalue weighted by atomic mass is 35.5. The van der Waals surface area contributed by atoms with Crippen molar-refractivity contribution in [3.8, 4) is 17.1 Å². The molecule has 0 spiro atoms. The van der Waals surface area contributed by atoms with Crippen molar-refractivity contribution < 1.29 is 19.1 Å². The largest absolute Gasteiger partial charge is 0.483 e. The highest BCUT2D eigenvalue weighted by Crippen LogP contribution is 2.32. The number of nitrogens with one attached hydrogen (secondary N) is 2. The minimum Gasteiger partial charge on any atom is -0.483 e. The fraction of sp³-hybridized carbons (Fsp3) is 0.143. The summed E-state index contributed by atoms with van der Waals surface area (Å²) in [5.74, 6) is 1.22. The number of hydrogen-bond donors (Lipinski definition) is 3. The van der Waals surface area contributed by atoms with Gasteiger partial charge in [0.25, 0.3) is 5.91 Å². The molecule has 0 radical (unpaired) electrons. The van der Waals surface area contributed by atoms with Crippen molar-refractivity contribution in [1.29, 1.82) is 0 Å². The molecule has 0 atom stereocenters. The van der Waals surface area contributed by atoms with Crippen LogP contribution in [0.2, 0.25) is 5.02 Å². The number of carbonyl (C=O) groups is 1. The van der Waals surface area contributed by atoms with Gasteiger partial charge in [-0.25, -0.2) is 0 Å². The van der Waals surface area contributed by atoms with Crippen molar-refractivity contribution in [1.82, 2.24) is 5.32 Å². The molecule has 6 nitrogen and oxygen atoms in total. The lowest BCUT2D eigenvalue weighted by molar-refractivity contribution is -0.121. The van der Waals surface area contributed by atoms with Gasteiger partial charge in [0, 0.05) is 11.3 Å². The lowest BCUT2D eigenvalue weighted by Crippen LogP contribution is -2.37. The number of ether oxygens (including phenoxy) is 1. The van der Waals surface area contributed by atoms with E-state index in [4.69, 9.17) is 38.1 Å². The molecule has 8 heteroatoms. The first-order valence-corrected chi connectivity index (χ1v) is 9.53. The Balaban J connectivity index is 1.59. The van der Waals surface area contributed by atoms with Gasteiger partial charge in [-0.15, -0.1) is 0 Å². The third-order valence-corrected chi connectivity index (χ3v) is 4.55. The van der Waals surface area contributed by atoms with Gasteiger partial charge in [-0.3, -0.25) is 10.1 Å². The van der Waals surface area contributed by atoms with Gasteiger partial charge < -0.3 is 19.6 Å². The second-order valence-corrected chi connectivity index (χ2v) is 6.99. The summed E-state index contributed by atoms with van der Waals surface area (Å²) in [4.78, 5) is 12.1. The van der Waals surface area contributed by atoms with E-state index in [0.717, 1.165) is 5.56 Å². The van der Waals surface area contributed by atoms with E-state index in [1.807, 2.05) is 25.1 Å². The second kappa shape index (κ2) is 9.56. The molecule has 0 bridgehead atoms. The molecule has 2 aromatic carbocycles. The smallest absolute Gasteiger partial charge is 0.264 e. The minimum atomic E-state index is -0.376. The Morgan fingerprint density at radius 2 is 2.00 bits per heavy atom. The van der Waals surface area contributed by atoms with Crippen molar-refractivity contribution in [2.45, 2.75) is 13.5 Å². The number of aliphatic hydroxyl groups excluding tert-OH is 1. The Hall–Kier alpha value is -2.87. The number of amides is 1. The van der Waals surface area contributed by atoms with Crippen LogP contribution in [0, 0.1) is 6.92 Å². The van der Waals surface area contributed by atoms with Crippen molar-refractivity contribution in [2.75, 3.05) is 11.9 Å². The van der Waals surface area contributed by atoms with E-state index in [-0.39, 0.29) is 24.2 Å². The number of halogens is 1. The van der Waals surface area contributed by atoms with Gasteiger partial charge in [0.15, 0.2) is 11.7 Å². The van der Waals surface area contributed by atoms with Crippen LogP contribution in [0.1, 0.15) is 11.3 Å². The number of aliphatic hydroxyl groups is 1. The molecule has 29 heavy (non-hydrogen) atoms. The number of para-hydroxylation sites is 1. The van der Waals surface area contributed by atoms with Crippen LogP contribution < -0.4 is 15.4 Å². The summed E-state index contributed by atoms with van der Waals surface area (Å²) in [5, 5.41) is 15.3. The lowest BCUT2D eigenvalue weighted by Gasteiger charge is -2.12.